The molecule has 0 bridgehead atoms. The highest BCUT2D eigenvalue weighted by Crippen LogP contribution is 2.36. The Hall–Kier alpha value is -3.85. The molecule has 174 valence electrons. The fourth-order valence-corrected chi connectivity index (χ4v) is 4.09. The fraction of sp³-hybridized carbons (Fsp3) is 0.240. The van der Waals surface area contributed by atoms with Crippen molar-refractivity contribution in [2.45, 2.75) is 26.7 Å². The third-order valence-electron chi connectivity index (χ3n) is 5.67. The second-order valence-corrected chi connectivity index (χ2v) is 8.27. The first-order valence-corrected chi connectivity index (χ1v) is 11.1. The zero-order valence-electron chi connectivity index (χ0n) is 18.9. The van der Waals surface area contributed by atoms with Gasteiger partial charge in [-0.1, -0.05) is 23.8 Å². The molecule has 1 aromatic carbocycles. The first-order valence-electron chi connectivity index (χ1n) is 11.1. The molecule has 2 aliphatic rings. The van der Waals surface area contributed by atoms with E-state index >= 15 is 4.39 Å². The molecule has 0 saturated heterocycles. The average Bonchev–Trinajstić information content (AvgIpc) is 3.44. The fourth-order valence-electron chi connectivity index (χ4n) is 4.09. The molecule has 0 amide bonds. The summed E-state index contributed by atoms with van der Waals surface area (Å²) >= 11 is 0. The van der Waals surface area contributed by atoms with Crippen LogP contribution in [0, 0.1) is 11.6 Å². The second-order valence-electron chi connectivity index (χ2n) is 8.27. The highest BCUT2D eigenvalue weighted by atomic mass is 19.1. The van der Waals surface area contributed by atoms with Gasteiger partial charge in [-0.3, -0.25) is 5.10 Å². The lowest BCUT2D eigenvalue weighted by Gasteiger charge is -2.16. The van der Waals surface area contributed by atoms with Gasteiger partial charge in [0.15, 0.2) is 17.4 Å². The Morgan fingerprint density at radius 2 is 2.03 bits per heavy atom. The van der Waals surface area contributed by atoms with Crippen LogP contribution >= 0.6 is 0 Å². The number of benzene rings is 1. The maximum atomic E-state index is 15.1. The topological polar surface area (TPSA) is 87.8 Å². The van der Waals surface area contributed by atoms with Gasteiger partial charge in [0.1, 0.15) is 11.6 Å². The van der Waals surface area contributed by atoms with Gasteiger partial charge in [0.05, 0.1) is 11.4 Å². The van der Waals surface area contributed by atoms with Crippen molar-refractivity contribution < 1.29 is 13.5 Å². The predicted molar refractivity (Wildman–Crippen MR) is 128 cm³/mol. The van der Waals surface area contributed by atoms with E-state index in [0.717, 1.165) is 42.4 Å². The summed E-state index contributed by atoms with van der Waals surface area (Å²) < 4.78 is 35.5. The summed E-state index contributed by atoms with van der Waals surface area (Å²) in [7, 11) is 0. The summed E-state index contributed by atoms with van der Waals surface area (Å²) in [6.45, 7) is 5.30. The number of ether oxygens (including phenoxy) is 1. The first-order chi connectivity index (χ1) is 16.5. The number of aromatic amines is 1. The zero-order chi connectivity index (χ0) is 23.7. The largest absolute Gasteiger partial charge is 0.421 e. The molecule has 9 heteroatoms. The van der Waals surface area contributed by atoms with E-state index < -0.39 is 11.6 Å². The Balaban J connectivity index is 1.51. The van der Waals surface area contributed by atoms with Crippen molar-refractivity contribution in [2.75, 3.05) is 18.4 Å². The van der Waals surface area contributed by atoms with Crippen molar-refractivity contribution in [3.05, 3.63) is 70.1 Å². The number of hydrogen-bond acceptors (Lipinski definition) is 6. The molecule has 7 nitrogen and oxygen atoms in total. The van der Waals surface area contributed by atoms with Crippen molar-refractivity contribution in [3.8, 4) is 11.8 Å². The van der Waals surface area contributed by atoms with Crippen molar-refractivity contribution in [1.82, 2.24) is 25.5 Å². The number of halogens is 2. The van der Waals surface area contributed by atoms with E-state index in [1.807, 2.05) is 38.1 Å². The Morgan fingerprint density at radius 1 is 1.15 bits per heavy atom. The lowest BCUT2D eigenvalue weighted by Crippen LogP contribution is -2.20. The van der Waals surface area contributed by atoms with Gasteiger partial charge in [-0.25, -0.2) is 8.78 Å². The molecule has 3 aromatic rings. The number of fused-ring (bicyclic) bond motifs is 1. The molecule has 3 heterocycles. The molecular weight excluding hydrogens is 438 g/mol. The van der Waals surface area contributed by atoms with Gasteiger partial charge in [-0.05, 0) is 44.9 Å². The third kappa shape index (κ3) is 4.47. The van der Waals surface area contributed by atoms with Gasteiger partial charge in [0.25, 0.3) is 0 Å². The number of hydrogen-bond donors (Lipinski definition) is 3. The monoisotopic (exact) mass is 462 g/mol. The van der Waals surface area contributed by atoms with Crippen molar-refractivity contribution in [2.24, 2.45) is 0 Å². The lowest BCUT2D eigenvalue weighted by molar-refractivity contribution is 0.405. The lowest BCUT2D eigenvalue weighted by atomic mass is 10.1. The van der Waals surface area contributed by atoms with E-state index in [2.05, 4.69) is 30.8 Å². The summed E-state index contributed by atoms with van der Waals surface area (Å²) in [5, 5.41) is 13.5. The minimum atomic E-state index is -0.624. The van der Waals surface area contributed by atoms with Crippen LogP contribution in [0.2, 0.25) is 0 Å². The van der Waals surface area contributed by atoms with Crippen LogP contribution in [0.3, 0.4) is 0 Å². The Bertz CT molecular complexity index is 1340. The Kier molecular flexibility index (Phi) is 5.93. The van der Waals surface area contributed by atoms with Crippen LogP contribution in [0.4, 0.5) is 20.4 Å². The molecule has 0 spiro atoms. The highest BCUT2D eigenvalue weighted by Gasteiger charge is 2.24. The van der Waals surface area contributed by atoms with E-state index in [1.54, 1.807) is 12.1 Å². The molecule has 0 atom stereocenters. The van der Waals surface area contributed by atoms with Crippen LogP contribution in [0.1, 0.15) is 42.8 Å². The minimum Gasteiger partial charge on any atom is -0.421 e. The van der Waals surface area contributed by atoms with Gasteiger partial charge in [0, 0.05) is 35.9 Å². The number of rotatable bonds is 6. The Labute approximate surface area is 195 Å². The van der Waals surface area contributed by atoms with E-state index in [4.69, 9.17) is 4.74 Å². The van der Waals surface area contributed by atoms with E-state index in [9.17, 15) is 4.39 Å². The van der Waals surface area contributed by atoms with Gasteiger partial charge in [-0.2, -0.15) is 15.1 Å². The number of H-pyrrole nitrogens is 1. The molecule has 5 rings (SSSR count). The van der Waals surface area contributed by atoms with Gasteiger partial charge in [-0.15, -0.1) is 0 Å². The summed E-state index contributed by atoms with van der Waals surface area (Å²) in [6.07, 6.45) is 8.64. The number of nitrogens with one attached hydrogen (secondary N) is 3. The molecule has 0 radical (unpaired) electrons. The predicted octanol–water partition coefficient (Wildman–Crippen LogP) is 5.38. The molecule has 1 aliphatic carbocycles. The standard InChI is InChI=1S/C25H24F2N6O/c1-3-4-16-11-23(33-32-16)30-22-13-20(15-5-7-28-8-6-15)29-25(31-22)34-21-12-19(26)17-9-14(2)10-18(17)24(21)27/h3-5,10-13,28H,6-9H2,1-2H3,(H2,29,30,31,32,33)/b4-3+. The van der Waals surface area contributed by atoms with Crippen molar-refractivity contribution >= 4 is 29.4 Å². The first kappa shape index (κ1) is 22.0. The summed E-state index contributed by atoms with van der Waals surface area (Å²) in [6, 6.07) is 4.60. The smallest absolute Gasteiger partial charge is 0.324 e. The average molecular weight is 463 g/mol. The molecule has 34 heavy (non-hydrogen) atoms. The summed E-state index contributed by atoms with van der Waals surface area (Å²) in [5.41, 5.74) is 3.95. The SMILES string of the molecule is C/C=C/c1cc(Nc2cc(C3=CCNCC3)nc(Oc3cc(F)c4c(c3F)C=C(C)C4)n2)n[nH]1. The van der Waals surface area contributed by atoms with Crippen molar-refractivity contribution in [1.29, 1.82) is 0 Å². The molecule has 2 aromatic heterocycles. The maximum Gasteiger partial charge on any atom is 0.324 e. The minimum absolute atomic E-state index is 0.0828. The second kappa shape index (κ2) is 9.18. The molecular formula is C25H24F2N6O. The number of aromatic nitrogens is 4. The van der Waals surface area contributed by atoms with Gasteiger partial charge < -0.3 is 15.4 Å². The quantitative estimate of drug-likeness (QED) is 0.456. The number of nitrogens with zero attached hydrogens (tertiary/aromatic N) is 3. The third-order valence-corrected chi connectivity index (χ3v) is 5.67. The zero-order valence-corrected chi connectivity index (χ0v) is 18.9. The summed E-state index contributed by atoms with van der Waals surface area (Å²) in [4.78, 5) is 8.88. The van der Waals surface area contributed by atoms with E-state index in [0.29, 0.717) is 29.3 Å². The molecule has 3 N–H and O–H groups in total. The molecule has 0 unspecified atom stereocenters. The van der Waals surface area contributed by atoms with Crippen LogP contribution in [0.15, 0.2) is 35.9 Å². The highest BCUT2D eigenvalue weighted by molar-refractivity contribution is 5.68. The van der Waals surface area contributed by atoms with Crippen LogP contribution in [0.5, 0.6) is 11.8 Å². The van der Waals surface area contributed by atoms with Crippen LogP contribution in [-0.2, 0) is 6.42 Å². The van der Waals surface area contributed by atoms with Crippen LogP contribution in [0.25, 0.3) is 17.7 Å². The Morgan fingerprint density at radius 3 is 2.82 bits per heavy atom. The normalized spacial score (nSPS) is 15.3. The molecule has 1 aliphatic heterocycles. The van der Waals surface area contributed by atoms with Gasteiger partial charge >= 0.3 is 6.01 Å². The molecule has 0 fully saturated rings. The van der Waals surface area contributed by atoms with Crippen molar-refractivity contribution in [3.63, 3.8) is 0 Å². The summed E-state index contributed by atoms with van der Waals surface area (Å²) in [5.74, 6) is -0.405. The van der Waals surface area contributed by atoms with Crippen LogP contribution < -0.4 is 15.4 Å². The number of anilines is 2. The van der Waals surface area contributed by atoms with Crippen LogP contribution in [-0.4, -0.2) is 33.3 Å². The molecule has 0 saturated carbocycles. The van der Waals surface area contributed by atoms with Gasteiger partial charge in [0.2, 0.25) is 0 Å². The maximum absolute atomic E-state index is 15.1. The number of allylic oxidation sites excluding steroid dienone is 2. The van der Waals surface area contributed by atoms with E-state index in [1.165, 1.54) is 0 Å². The van der Waals surface area contributed by atoms with E-state index in [-0.39, 0.29) is 17.3 Å².